The molecule has 0 aliphatic rings. The second-order valence-electron chi connectivity index (χ2n) is 13.6. The Labute approximate surface area is 304 Å². The minimum atomic E-state index is 0.625. The van der Waals surface area contributed by atoms with E-state index >= 15 is 0 Å². The molecule has 2 heterocycles. The number of furan rings is 1. The van der Waals surface area contributed by atoms with E-state index in [-0.39, 0.29) is 0 Å². The third-order valence-electron chi connectivity index (χ3n) is 10.5. The first kappa shape index (κ1) is 29.5. The summed E-state index contributed by atoms with van der Waals surface area (Å²) in [5.41, 5.74) is 6.83. The van der Waals surface area contributed by atoms with Gasteiger partial charge in [-0.25, -0.2) is 15.0 Å². The van der Waals surface area contributed by atoms with Gasteiger partial charge in [0, 0.05) is 27.5 Å². The normalized spacial score (nSPS) is 11.8. The molecule has 0 saturated carbocycles. The van der Waals surface area contributed by atoms with Crippen LogP contribution in [0.1, 0.15) is 0 Å². The van der Waals surface area contributed by atoms with Crippen molar-refractivity contribution in [3.63, 3.8) is 0 Å². The van der Waals surface area contributed by atoms with E-state index in [2.05, 4.69) is 176 Å². The van der Waals surface area contributed by atoms with Gasteiger partial charge < -0.3 is 4.42 Å². The molecule has 11 rings (SSSR count). The molecule has 9 aromatic carbocycles. The second-order valence-corrected chi connectivity index (χ2v) is 13.6. The highest BCUT2D eigenvalue weighted by Gasteiger charge is 2.18. The summed E-state index contributed by atoms with van der Waals surface area (Å²) in [6, 6.07) is 61.7. The van der Waals surface area contributed by atoms with E-state index in [4.69, 9.17) is 19.4 Å². The number of fused-ring (bicyclic) bond motifs is 8. The van der Waals surface area contributed by atoms with Crippen LogP contribution in [0.4, 0.5) is 0 Å². The lowest BCUT2D eigenvalue weighted by Crippen LogP contribution is -2.01. The zero-order chi connectivity index (χ0) is 34.9. The first-order valence-corrected chi connectivity index (χ1v) is 17.8. The van der Waals surface area contributed by atoms with Crippen molar-refractivity contribution in [2.24, 2.45) is 0 Å². The third kappa shape index (κ3) is 4.88. The van der Waals surface area contributed by atoms with Crippen molar-refractivity contribution in [3.05, 3.63) is 176 Å². The zero-order valence-corrected chi connectivity index (χ0v) is 28.5. The van der Waals surface area contributed by atoms with Crippen LogP contribution in [0, 0.1) is 0 Å². The molecule has 0 aliphatic carbocycles. The molecule has 0 fully saturated rings. The van der Waals surface area contributed by atoms with Gasteiger partial charge in [0.2, 0.25) is 0 Å². The lowest BCUT2D eigenvalue weighted by Gasteiger charge is -2.13. The molecule has 11 aromatic rings. The van der Waals surface area contributed by atoms with Crippen LogP contribution in [0.5, 0.6) is 0 Å². The fourth-order valence-electron chi connectivity index (χ4n) is 7.87. The molecule has 53 heavy (non-hydrogen) atoms. The Morgan fingerprint density at radius 1 is 0.302 bits per heavy atom. The first-order valence-electron chi connectivity index (χ1n) is 17.8. The molecule has 2 aromatic heterocycles. The highest BCUT2D eigenvalue weighted by atomic mass is 16.3. The van der Waals surface area contributed by atoms with Crippen LogP contribution in [-0.2, 0) is 0 Å². The standard InChI is InChI=1S/C49H29N3O/c1-2-11-33-26-37(25-20-30(33)10-1)48-50-47(51-49(52-48)42-28-36-14-5-6-15-38(36)40-16-7-8-17-41(40)42)32-23-21-31(22-24-32)39-18-9-19-44-46(39)43-27-34-12-3-4-13-35(34)29-45(43)53-44/h1-29H. The van der Waals surface area contributed by atoms with Gasteiger partial charge in [-0.15, -0.1) is 0 Å². The van der Waals surface area contributed by atoms with Crippen LogP contribution in [0.2, 0.25) is 0 Å². The van der Waals surface area contributed by atoms with Crippen LogP contribution in [0.15, 0.2) is 180 Å². The van der Waals surface area contributed by atoms with Crippen molar-refractivity contribution in [3.8, 4) is 45.3 Å². The van der Waals surface area contributed by atoms with E-state index in [1.165, 1.54) is 26.9 Å². The Hall–Kier alpha value is -7.17. The molecular formula is C49H29N3O. The summed E-state index contributed by atoms with van der Waals surface area (Å²) in [4.78, 5) is 15.5. The predicted octanol–water partition coefficient (Wildman–Crippen LogP) is 13.1. The maximum atomic E-state index is 6.38. The van der Waals surface area contributed by atoms with Gasteiger partial charge in [0.05, 0.1) is 0 Å². The molecule has 0 N–H and O–H groups in total. The summed E-state index contributed by atoms with van der Waals surface area (Å²) >= 11 is 0. The molecule has 0 amide bonds. The molecule has 0 saturated heterocycles. The van der Waals surface area contributed by atoms with Gasteiger partial charge in [-0.3, -0.25) is 0 Å². The van der Waals surface area contributed by atoms with Crippen LogP contribution in [0.25, 0.3) is 110 Å². The van der Waals surface area contributed by atoms with E-state index in [0.29, 0.717) is 17.5 Å². The molecular weight excluding hydrogens is 647 g/mol. The van der Waals surface area contributed by atoms with Gasteiger partial charge >= 0.3 is 0 Å². The van der Waals surface area contributed by atoms with Gasteiger partial charge in [0.1, 0.15) is 11.2 Å². The Morgan fingerprint density at radius 3 is 1.68 bits per heavy atom. The van der Waals surface area contributed by atoms with Crippen LogP contribution < -0.4 is 0 Å². The molecule has 0 radical (unpaired) electrons. The molecule has 0 unspecified atom stereocenters. The number of nitrogens with zero attached hydrogens (tertiary/aromatic N) is 3. The summed E-state index contributed by atoms with van der Waals surface area (Å²) in [6.45, 7) is 0. The predicted molar refractivity (Wildman–Crippen MR) is 219 cm³/mol. The molecule has 0 bridgehead atoms. The monoisotopic (exact) mass is 675 g/mol. The lowest BCUT2D eigenvalue weighted by atomic mass is 9.96. The molecule has 4 nitrogen and oxygen atoms in total. The van der Waals surface area contributed by atoms with E-state index in [1.54, 1.807) is 0 Å². The summed E-state index contributed by atoms with van der Waals surface area (Å²) in [7, 11) is 0. The fraction of sp³-hybridized carbons (Fsp3) is 0. The number of aromatic nitrogens is 3. The number of rotatable bonds is 4. The molecule has 4 heteroatoms. The average Bonchev–Trinajstić information content (AvgIpc) is 3.60. The van der Waals surface area contributed by atoms with Crippen molar-refractivity contribution >= 4 is 65.0 Å². The maximum absolute atomic E-state index is 6.38. The van der Waals surface area contributed by atoms with Crippen molar-refractivity contribution in [1.29, 1.82) is 0 Å². The van der Waals surface area contributed by atoms with Gasteiger partial charge in [0.25, 0.3) is 0 Å². The Bertz CT molecular complexity index is 3230. The second kappa shape index (κ2) is 11.7. The fourth-order valence-corrected chi connectivity index (χ4v) is 7.87. The van der Waals surface area contributed by atoms with Gasteiger partial charge in [-0.05, 0) is 84.5 Å². The average molecular weight is 676 g/mol. The number of benzene rings is 9. The van der Waals surface area contributed by atoms with Crippen molar-refractivity contribution in [2.75, 3.05) is 0 Å². The van der Waals surface area contributed by atoms with E-state index < -0.39 is 0 Å². The highest BCUT2D eigenvalue weighted by molar-refractivity contribution is 6.16. The van der Waals surface area contributed by atoms with Gasteiger partial charge in [-0.1, -0.05) is 146 Å². The van der Waals surface area contributed by atoms with Crippen molar-refractivity contribution in [2.45, 2.75) is 0 Å². The van der Waals surface area contributed by atoms with E-state index in [9.17, 15) is 0 Å². The summed E-state index contributed by atoms with van der Waals surface area (Å²) in [6.07, 6.45) is 0. The molecule has 0 aliphatic heterocycles. The SMILES string of the molecule is c1ccc2cc(-c3nc(-c4ccc(-c5cccc6oc7cc8ccccc8cc7c56)cc4)nc(-c4cc5ccccc5c5ccccc45)n3)ccc2c1. The zero-order valence-electron chi connectivity index (χ0n) is 28.5. The quantitative estimate of drug-likeness (QED) is 0.174. The minimum Gasteiger partial charge on any atom is -0.456 e. The van der Waals surface area contributed by atoms with Crippen molar-refractivity contribution < 1.29 is 4.42 Å². The van der Waals surface area contributed by atoms with Crippen molar-refractivity contribution in [1.82, 2.24) is 15.0 Å². The van der Waals surface area contributed by atoms with Crippen LogP contribution in [0.3, 0.4) is 0 Å². The number of hydrogen-bond donors (Lipinski definition) is 0. The topological polar surface area (TPSA) is 51.8 Å². The minimum absolute atomic E-state index is 0.625. The van der Waals surface area contributed by atoms with Crippen LogP contribution in [-0.4, -0.2) is 15.0 Å². The van der Waals surface area contributed by atoms with Gasteiger partial charge in [0.15, 0.2) is 17.5 Å². The molecule has 0 spiro atoms. The summed E-state index contributed by atoms with van der Waals surface area (Å²) in [5, 5.41) is 11.5. The maximum Gasteiger partial charge on any atom is 0.164 e. The smallest absolute Gasteiger partial charge is 0.164 e. The Morgan fingerprint density at radius 2 is 0.887 bits per heavy atom. The molecule has 246 valence electrons. The highest BCUT2D eigenvalue weighted by Crippen LogP contribution is 2.40. The Balaban J connectivity index is 1.09. The third-order valence-corrected chi connectivity index (χ3v) is 10.5. The first-order chi connectivity index (χ1) is 26.2. The van der Waals surface area contributed by atoms with Crippen LogP contribution >= 0.6 is 0 Å². The lowest BCUT2D eigenvalue weighted by molar-refractivity contribution is 0.669. The van der Waals surface area contributed by atoms with E-state index in [1.807, 2.05) is 0 Å². The van der Waals surface area contributed by atoms with Gasteiger partial charge in [-0.2, -0.15) is 0 Å². The summed E-state index contributed by atoms with van der Waals surface area (Å²) in [5.74, 6) is 1.91. The number of hydrogen-bond acceptors (Lipinski definition) is 4. The largest absolute Gasteiger partial charge is 0.456 e. The Kier molecular flexibility index (Phi) is 6.52. The summed E-state index contributed by atoms with van der Waals surface area (Å²) < 4.78 is 6.38. The van der Waals surface area contributed by atoms with E-state index in [0.717, 1.165) is 65.9 Å². The molecule has 0 atom stereocenters.